The maximum atomic E-state index is 12.9. The van der Waals surface area contributed by atoms with E-state index in [0.29, 0.717) is 6.61 Å². The maximum absolute atomic E-state index is 12.9. The van der Waals surface area contributed by atoms with Crippen LogP contribution >= 0.6 is 11.3 Å². The lowest BCUT2D eigenvalue weighted by molar-refractivity contribution is -0.155. The van der Waals surface area contributed by atoms with E-state index in [1.54, 1.807) is 32.1 Å². The number of rotatable bonds is 4. The molecule has 0 amide bonds. The highest BCUT2D eigenvalue weighted by molar-refractivity contribution is 7.14. The van der Waals surface area contributed by atoms with Gasteiger partial charge in [0.2, 0.25) is 5.88 Å². The van der Waals surface area contributed by atoms with E-state index in [0.717, 1.165) is 21.0 Å². The molecule has 9 heteroatoms. The van der Waals surface area contributed by atoms with Crippen molar-refractivity contribution in [3.63, 3.8) is 0 Å². The summed E-state index contributed by atoms with van der Waals surface area (Å²) in [4.78, 5) is 34.8. The van der Waals surface area contributed by atoms with Gasteiger partial charge in [-0.3, -0.25) is 14.2 Å². The number of ether oxygens (including phenoxy) is 2. The molecule has 0 aliphatic carbocycles. The molecule has 2 aromatic heterocycles. The molecule has 8 nitrogen and oxygen atoms in total. The van der Waals surface area contributed by atoms with Crippen LogP contribution in [0.5, 0.6) is 5.88 Å². The van der Waals surface area contributed by atoms with Crippen molar-refractivity contribution in [3.8, 4) is 16.5 Å². The summed E-state index contributed by atoms with van der Waals surface area (Å²) >= 11 is 1.64. The minimum absolute atomic E-state index is 0.216. The lowest BCUT2D eigenvalue weighted by Gasteiger charge is -2.27. The van der Waals surface area contributed by atoms with E-state index >= 15 is 0 Å². The van der Waals surface area contributed by atoms with Crippen LogP contribution in [0, 0.1) is 6.92 Å². The Morgan fingerprint density at radius 2 is 2.03 bits per heavy atom. The number of nitrogens with one attached hydrogen (secondary N) is 1. The predicted molar refractivity (Wildman–Crippen MR) is 118 cm³/mol. The fourth-order valence-electron chi connectivity index (χ4n) is 3.24. The zero-order valence-corrected chi connectivity index (χ0v) is 18.7. The second kappa shape index (κ2) is 8.14. The van der Waals surface area contributed by atoms with Gasteiger partial charge in [0.05, 0.1) is 6.04 Å². The van der Waals surface area contributed by atoms with Crippen molar-refractivity contribution in [1.82, 2.24) is 14.5 Å². The second-order valence-electron chi connectivity index (χ2n) is 8.35. The first-order valence-corrected chi connectivity index (χ1v) is 10.7. The quantitative estimate of drug-likeness (QED) is 0.620. The lowest BCUT2D eigenvalue weighted by Crippen LogP contribution is -2.35. The lowest BCUT2D eigenvalue weighted by atomic mass is 10.0. The van der Waals surface area contributed by atoms with Crippen LogP contribution in [0.3, 0.4) is 0 Å². The molecule has 1 aliphatic heterocycles. The topological polar surface area (TPSA) is 95.3 Å². The molecule has 3 aromatic rings. The van der Waals surface area contributed by atoms with Crippen LogP contribution in [0.15, 0.2) is 41.6 Å². The van der Waals surface area contributed by atoms with Crippen LogP contribution < -0.4 is 15.6 Å². The molecule has 0 spiro atoms. The molecule has 1 aromatic carbocycles. The molecule has 0 saturated heterocycles. The number of carbonyl (C=O) groups is 1. The largest absolute Gasteiger partial charge is 0.473 e. The molecule has 3 heterocycles. The first-order chi connectivity index (χ1) is 14.7. The molecule has 162 valence electrons. The Hall–Kier alpha value is -3.20. The van der Waals surface area contributed by atoms with Crippen LogP contribution in [0.4, 0.5) is 5.69 Å². The predicted octanol–water partition coefficient (Wildman–Crippen LogP) is 3.56. The zero-order chi connectivity index (χ0) is 22.2. The summed E-state index contributed by atoms with van der Waals surface area (Å²) in [6.45, 7) is 7.48. The van der Waals surface area contributed by atoms with Gasteiger partial charge in [0.1, 0.15) is 30.1 Å². The molecule has 0 radical (unpaired) electrons. The van der Waals surface area contributed by atoms with E-state index in [9.17, 15) is 9.59 Å². The van der Waals surface area contributed by atoms with Gasteiger partial charge >= 0.3 is 5.97 Å². The summed E-state index contributed by atoms with van der Waals surface area (Å²) in [7, 11) is 0. The first-order valence-electron chi connectivity index (χ1n) is 9.93. The Morgan fingerprint density at radius 3 is 2.68 bits per heavy atom. The van der Waals surface area contributed by atoms with Crippen molar-refractivity contribution in [2.45, 2.75) is 45.9 Å². The van der Waals surface area contributed by atoms with Gasteiger partial charge in [-0.15, -0.1) is 11.3 Å². The van der Waals surface area contributed by atoms with Crippen molar-refractivity contribution < 1.29 is 14.3 Å². The summed E-state index contributed by atoms with van der Waals surface area (Å²) in [5.41, 5.74) is 1.25. The van der Waals surface area contributed by atoms with Crippen LogP contribution in [0.2, 0.25) is 0 Å². The van der Waals surface area contributed by atoms with Gasteiger partial charge in [-0.2, -0.15) is 0 Å². The molecule has 4 rings (SSSR count). The van der Waals surface area contributed by atoms with E-state index in [2.05, 4.69) is 15.3 Å². The average Bonchev–Trinajstić information content (AvgIpc) is 3.15. The minimum Gasteiger partial charge on any atom is -0.473 e. The standard InChI is InChI=1S/C22H24N4O4S/c1-13-9-23-20(31-13)15-7-5-14(6-8-15)16-11-29-19-18(25-16)21(28)26(12-24-19)10-17(27)30-22(2,3)4/h5-9,12,16,25H,10-11H2,1-4H3/t16-/m0/s1. The normalized spacial score (nSPS) is 15.5. The molecule has 0 fully saturated rings. The third-order valence-corrected chi connectivity index (χ3v) is 5.57. The highest BCUT2D eigenvalue weighted by Crippen LogP contribution is 2.31. The van der Waals surface area contributed by atoms with Crippen molar-refractivity contribution in [1.29, 1.82) is 0 Å². The number of esters is 1. The van der Waals surface area contributed by atoms with Gasteiger partial charge in [-0.25, -0.2) is 9.97 Å². The van der Waals surface area contributed by atoms with Gasteiger partial charge in [0.25, 0.3) is 5.56 Å². The Kier molecular flexibility index (Phi) is 5.53. The molecule has 1 atom stereocenters. The van der Waals surface area contributed by atoms with Crippen LogP contribution in [-0.4, -0.2) is 32.7 Å². The number of aryl methyl sites for hydroxylation is 1. The number of anilines is 1. The number of nitrogens with zero attached hydrogens (tertiary/aromatic N) is 3. The molecular formula is C22H24N4O4S. The van der Waals surface area contributed by atoms with Gasteiger partial charge in [0, 0.05) is 16.6 Å². The van der Waals surface area contributed by atoms with Gasteiger partial charge < -0.3 is 14.8 Å². The van der Waals surface area contributed by atoms with Gasteiger partial charge in [-0.05, 0) is 33.3 Å². The molecule has 31 heavy (non-hydrogen) atoms. The number of carbonyl (C=O) groups excluding carboxylic acids is 1. The number of fused-ring (bicyclic) bond motifs is 1. The highest BCUT2D eigenvalue weighted by Gasteiger charge is 2.26. The molecular weight excluding hydrogens is 416 g/mol. The molecule has 0 saturated carbocycles. The Balaban J connectivity index is 1.52. The smallest absolute Gasteiger partial charge is 0.326 e. The minimum atomic E-state index is -0.627. The van der Waals surface area contributed by atoms with E-state index in [4.69, 9.17) is 9.47 Å². The summed E-state index contributed by atoms with van der Waals surface area (Å²) in [5, 5.41) is 4.19. The van der Waals surface area contributed by atoms with Crippen molar-refractivity contribution in [3.05, 3.63) is 57.6 Å². The zero-order valence-electron chi connectivity index (χ0n) is 17.8. The summed E-state index contributed by atoms with van der Waals surface area (Å²) in [5.74, 6) is -0.269. The third-order valence-electron chi connectivity index (χ3n) is 4.61. The van der Waals surface area contributed by atoms with E-state index < -0.39 is 11.6 Å². The number of hydrogen-bond acceptors (Lipinski definition) is 8. The summed E-state index contributed by atoms with van der Waals surface area (Å²) in [6, 6.07) is 7.79. The molecule has 0 bridgehead atoms. The van der Waals surface area contributed by atoms with Crippen LogP contribution in [0.1, 0.15) is 37.3 Å². The van der Waals surface area contributed by atoms with Crippen molar-refractivity contribution in [2.75, 3.05) is 11.9 Å². The Morgan fingerprint density at radius 1 is 1.29 bits per heavy atom. The first kappa shape index (κ1) is 21.0. The molecule has 1 aliphatic rings. The summed E-state index contributed by atoms with van der Waals surface area (Å²) in [6.07, 6.45) is 3.16. The number of aromatic nitrogens is 3. The van der Waals surface area contributed by atoms with Gasteiger partial charge in [0.15, 0.2) is 5.69 Å². The monoisotopic (exact) mass is 440 g/mol. The fraction of sp³-hybridized carbons (Fsp3) is 0.364. The number of benzene rings is 1. The fourth-order valence-corrected chi connectivity index (χ4v) is 4.01. The van der Waals surface area contributed by atoms with Crippen LogP contribution in [-0.2, 0) is 16.1 Å². The number of thiazole rings is 1. The molecule has 0 unspecified atom stereocenters. The van der Waals surface area contributed by atoms with Crippen molar-refractivity contribution >= 4 is 23.0 Å². The van der Waals surface area contributed by atoms with E-state index in [1.165, 1.54) is 10.9 Å². The maximum Gasteiger partial charge on any atom is 0.326 e. The third kappa shape index (κ3) is 4.77. The SMILES string of the molecule is Cc1cnc(-c2ccc([C@@H]3COc4ncn(CC(=O)OC(C)(C)C)c(=O)c4N3)cc2)s1. The Bertz CT molecular complexity index is 1160. The van der Waals surface area contributed by atoms with Crippen molar-refractivity contribution in [2.24, 2.45) is 0 Å². The average molecular weight is 441 g/mol. The second-order valence-corrected chi connectivity index (χ2v) is 9.58. The highest BCUT2D eigenvalue weighted by atomic mass is 32.1. The summed E-state index contributed by atoms with van der Waals surface area (Å²) < 4.78 is 12.2. The van der Waals surface area contributed by atoms with E-state index in [-0.39, 0.29) is 29.7 Å². The van der Waals surface area contributed by atoms with Crippen LogP contribution in [0.25, 0.3) is 10.6 Å². The molecule has 1 N–H and O–H groups in total. The van der Waals surface area contributed by atoms with E-state index in [1.807, 2.05) is 37.4 Å². The number of hydrogen-bond donors (Lipinski definition) is 1. The Labute approximate surface area is 183 Å². The van der Waals surface area contributed by atoms with Gasteiger partial charge in [-0.1, -0.05) is 24.3 Å².